The van der Waals surface area contributed by atoms with Gasteiger partial charge >= 0.3 is 13.3 Å². The summed E-state index contributed by atoms with van der Waals surface area (Å²) < 4.78 is 48.7. The van der Waals surface area contributed by atoms with Gasteiger partial charge in [-0.1, -0.05) is 63.7 Å². The van der Waals surface area contributed by atoms with E-state index in [9.17, 15) is 23.0 Å². The van der Waals surface area contributed by atoms with E-state index in [4.69, 9.17) is 55.9 Å². The number of nitrogens with zero attached hydrogens (tertiary/aromatic N) is 1. The topological polar surface area (TPSA) is 80.2 Å². The van der Waals surface area contributed by atoms with E-state index in [1.54, 1.807) is 25.1 Å². The molecular formula is C28H22BCl4F3N2O4. The van der Waals surface area contributed by atoms with E-state index in [0.29, 0.717) is 32.7 Å². The number of carbonyl (C=O) groups excluding carboxylic acids is 1. The molecule has 0 aliphatic carbocycles. The summed E-state index contributed by atoms with van der Waals surface area (Å²) in [5.74, 6) is -0.424. The number of halogens is 7. The number of fused-ring (bicyclic) bond motifs is 1. The predicted molar refractivity (Wildman–Crippen MR) is 157 cm³/mol. The molecule has 14 heteroatoms. The fraction of sp³-hybridized carbons (Fsp3) is 0.286. The van der Waals surface area contributed by atoms with Crippen LogP contribution in [0.4, 0.5) is 13.2 Å². The van der Waals surface area contributed by atoms with E-state index in [0.717, 1.165) is 17.7 Å². The molecule has 0 fully saturated rings. The number of amides is 1. The lowest BCUT2D eigenvalue weighted by molar-refractivity contribution is -0.275. The van der Waals surface area contributed by atoms with Crippen molar-refractivity contribution in [1.82, 2.24) is 5.32 Å². The first-order chi connectivity index (χ1) is 19.5. The number of hydrogen-bond acceptors (Lipinski definition) is 5. The third-order valence-corrected chi connectivity index (χ3v) is 8.97. The number of carbonyl (C=O) groups is 1. The van der Waals surface area contributed by atoms with E-state index >= 15 is 0 Å². The van der Waals surface area contributed by atoms with Crippen molar-refractivity contribution in [2.75, 3.05) is 0 Å². The van der Waals surface area contributed by atoms with Crippen LogP contribution < -0.4 is 10.8 Å². The van der Waals surface area contributed by atoms with Crippen LogP contribution in [0.3, 0.4) is 0 Å². The van der Waals surface area contributed by atoms with E-state index in [1.165, 1.54) is 12.1 Å². The van der Waals surface area contributed by atoms with Gasteiger partial charge in [-0.15, -0.1) is 0 Å². The van der Waals surface area contributed by atoms with Gasteiger partial charge < -0.3 is 19.8 Å². The molecule has 2 aliphatic rings. The van der Waals surface area contributed by atoms with Crippen molar-refractivity contribution < 1.29 is 32.5 Å². The molecule has 3 aromatic carbocycles. The van der Waals surface area contributed by atoms with E-state index < -0.39 is 36.8 Å². The Morgan fingerprint density at radius 2 is 1.74 bits per heavy atom. The molecule has 0 aromatic heterocycles. The van der Waals surface area contributed by atoms with Crippen molar-refractivity contribution >= 4 is 70.6 Å². The molecule has 2 aliphatic heterocycles. The van der Waals surface area contributed by atoms with E-state index in [-0.39, 0.29) is 32.9 Å². The number of hydrogen-bond donors (Lipinski definition) is 2. The summed E-state index contributed by atoms with van der Waals surface area (Å²) in [4.78, 5) is 18.1. The number of rotatable bonds is 5. The molecule has 0 unspecified atom stereocenters. The van der Waals surface area contributed by atoms with E-state index in [2.05, 4.69) is 10.5 Å². The van der Waals surface area contributed by atoms with Crippen LogP contribution in [-0.2, 0) is 27.2 Å². The molecule has 2 N–H and O–H groups in total. The Morgan fingerprint density at radius 1 is 1.07 bits per heavy atom. The second-order valence-electron chi connectivity index (χ2n) is 10.6. The van der Waals surface area contributed by atoms with Crippen LogP contribution in [0.15, 0.2) is 47.6 Å². The minimum atomic E-state index is -4.87. The van der Waals surface area contributed by atoms with Gasteiger partial charge in [0.2, 0.25) is 0 Å². The molecule has 0 radical (unpaired) electrons. The smallest absolute Gasteiger partial charge is 0.423 e. The van der Waals surface area contributed by atoms with Gasteiger partial charge in [0.1, 0.15) is 0 Å². The van der Waals surface area contributed by atoms with Gasteiger partial charge in [0.15, 0.2) is 0 Å². The maximum atomic E-state index is 14.4. The minimum absolute atomic E-state index is 0.0261. The zero-order chi connectivity index (χ0) is 30.8. The lowest BCUT2D eigenvalue weighted by atomic mass is 9.77. The Balaban J connectivity index is 1.34. The molecule has 5 rings (SSSR count). The number of oxime groups is 1. The summed E-state index contributed by atoms with van der Waals surface area (Å²) in [6, 6.07) is 10.1. The maximum Gasteiger partial charge on any atom is 0.492 e. The third kappa shape index (κ3) is 5.38. The Hall–Kier alpha value is -2.47. The molecule has 1 amide bonds. The quantitative estimate of drug-likeness (QED) is 0.227. The highest BCUT2D eigenvalue weighted by Gasteiger charge is 2.62. The number of benzene rings is 3. The predicted octanol–water partition coefficient (Wildman–Crippen LogP) is 7.07. The standard InChI is InChI=1S/C28H22BCl4F3N2O4/c1-13-6-14(23-11-27(42-38-23,28(34,35)36)16-8-21(31)24(33)22(32)9-16)4-5-17(13)25(39)37-12-15-7-19-18(10-20(15)30)26(2,3)41-29(19)40/h4-10,40H,11-12H2,1-3H3,(H,37,39)/t27-/m0/s1. The highest BCUT2D eigenvalue weighted by Crippen LogP contribution is 2.50. The first-order valence-electron chi connectivity index (χ1n) is 12.6. The molecule has 0 bridgehead atoms. The fourth-order valence-corrected chi connectivity index (χ4v) is 5.95. The van der Waals surface area contributed by atoms with Gasteiger partial charge in [0.05, 0.1) is 26.4 Å². The fourth-order valence-electron chi connectivity index (χ4n) is 5.12. The van der Waals surface area contributed by atoms with Crippen molar-refractivity contribution in [3.8, 4) is 0 Å². The molecular weight excluding hydrogens is 638 g/mol. The van der Waals surface area contributed by atoms with Gasteiger partial charge in [-0.25, -0.2) is 0 Å². The van der Waals surface area contributed by atoms with Crippen LogP contribution >= 0.6 is 46.4 Å². The van der Waals surface area contributed by atoms with Gasteiger partial charge in [-0.3, -0.25) is 4.79 Å². The number of alkyl halides is 3. The summed E-state index contributed by atoms with van der Waals surface area (Å²) in [6.45, 7) is 5.37. The first-order valence-corrected chi connectivity index (χ1v) is 14.1. The summed E-state index contributed by atoms with van der Waals surface area (Å²) in [7, 11) is -1.11. The van der Waals surface area contributed by atoms with Crippen molar-refractivity contribution in [3.05, 3.63) is 95.9 Å². The second-order valence-corrected chi connectivity index (χ2v) is 12.2. The van der Waals surface area contributed by atoms with Crippen LogP contribution in [0.5, 0.6) is 0 Å². The molecule has 42 heavy (non-hydrogen) atoms. The Morgan fingerprint density at radius 3 is 2.36 bits per heavy atom. The van der Waals surface area contributed by atoms with E-state index in [1.807, 2.05) is 13.8 Å². The van der Waals surface area contributed by atoms with Gasteiger partial charge in [-0.2, -0.15) is 13.2 Å². The zero-order valence-corrected chi connectivity index (χ0v) is 25.3. The molecule has 0 saturated heterocycles. The molecule has 0 spiro atoms. The van der Waals surface area contributed by atoms with Crippen molar-refractivity contribution in [2.24, 2.45) is 5.16 Å². The summed E-state index contributed by atoms with van der Waals surface area (Å²) in [5.41, 5.74) is -0.772. The van der Waals surface area contributed by atoms with Gasteiger partial charge in [-0.05, 0) is 78.8 Å². The van der Waals surface area contributed by atoms with Gasteiger partial charge in [0, 0.05) is 29.1 Å². The minimum Gasteiger partial charge on any atom is -0.423 e. The molecule has 220 valence electrons. The van der Waals surface area contributed by atoms with Crippen LogP contribution in [0.25, 0.3) is 0 Å². The SMILES string of the molecule is Cc1cc(C2=NO[C@@](c3cc(Cl)c(Cl)c(Cl)c3)(C(F)(F)F)C2)ccc1C(=O)NCc1cc2c(cc1Cl)C(C)(C)OB2O. The van der Waals surface area contributed by atoms with Gasteiger partial charge in [0.25, 0.3) is 11.5 Å². The zero-order valence-electron chi connectivity index (χ0n) is 22.3. The summed E-state index contributed by atoms with van der Waals surface area (Å²) in [5, 5.41) is 16.9. The van der Waals surface area contributed by atoms with Crippen LogP contribution in [-0.4, -0.2) is 29.9 Å². The Labute approximate surface area is 259 Å². The lowest BCUT2D eigenvalue weighted by Gasteiger charge is -2.30. The number of aryl methyl sites for hydroxylation is 1. The molecule has 1 atom stereocenters. The Bertz CT molecular complexity index is 1630. The maximum absolute atomic E-state index is 14.4. The average molecular weight is 660 g/mol. The summed E-state index contributed by atoms with van der Waals surface area (Å²) in [6.07, 6.45) is -5.52. The largest absolute Gasteiger partial charge is 0.492 e. The Kier molecular flexibility index (Phi) is 8.05. The van der Waals surface area contributed by atoms with Crippen molar-refractivity contribution in [3.63, 3.8) is 0 Å². The monoisotopic (exact) mass is 658 g/mol. The third-order valence-electron chi connectivity index (χ3n) is 7.42. The number of nitrogens with one attached hydrogen (secondary N) is 1. The highest BCUT2D eigenvalue weighted by molar-refractivity contribution is 6.62. The highest BCUT2D eigenvalue weighted by atomic mass is 35.5. The van der Waals surface area contributed by atoms with Crippen molar-refractivity contribution in [1.29, 1.82) is 0 Å². The molecule has 0 saturated carbocycles. The normalized spacial score (nSPS) is 19.4. The van der Waals surface area contributed by atoms with Crippen LogP contribution in [0.2, 0.25) is 20.1 Å². The van der Waals surface area contributed by atoms with Crippen LogP contribution in [0, 0.1) is 6.92 Å². The molecule has 2 heterocycles. The van der Waals surface area contributed by atoms with Crippen molar-refractivity contribution in [2.45, 2.75) is 51.1 Å². The second kappa shape index (κ2) is 10.9. The molecule has 6 nitrogen and oxygen atoms in total. The lowest BCUT2D eigenvalue weighted by Crippen LogP contribution is -2.42. The first kappa shape index (κ1) is 31.0. The average Bonchev–Trinajstić information content (AvgIpc) is 3.45. The summed E-state index contributed by atoms with van der Waals surface area (Å²) >= 11 is 24.4. The van der Waals surface area contributed by atoms with Crippen LogP contribution in [0.1, 0.15) is 58.4 Å². The molecule has 3 aromatic rings.